The largest absolute Gasteiger partial charge is 0.443 e. The summed E-state index contributed by atoms with van der Waals surface area (Å²) in [7, 11) is -2.41. The van der Waals surface area contributed by atoms with Gasteiger partial charge in [-0.3, -0.25) is 0 Å². The van der Waals surface area contributed by atoms with Crippen LogP contribution in [0.2, 0.25) is 0 Å². The second-order valence-electron chi connectivity index (χ2n) is 5.25. The van der Waals surface area contributed by atoms with Crippen LogP contribution >= 0.6 is 0 Å². The predicted molar refractivity (Wildman–Crippen MR) is 76.4 cm³/mol. The number of ether oxygens (including phenoxy) is 1. The summed E-state index contributed by atoms with van der Waals surface area (Å²) in [6, 6.07) is 4.54. The Morgan fingerprint density at radius 1 is 1.45 bits per heavy atom. The summed E-state index contributed by atoms with van der Waals surface area (Å²) in [4.78, 5) is 0. The normalized spacial score (nSPS) is 23.4. The van der Waals surface area contributed by atoms with Gasteiger partial charge < -0.3 is 14.3 Å². The molecular weight excluding hydrogens is 313 g/mol. The minimum atomic E-state index is -3.91. The molecule has 0 bridgehead atoms. The molecule has 1 aromatic heterocycles. The van der Waals surface area contributed by atoms with E-state index in [9.17, 15) is 17.9 Å². The number of furan rings is 1. The van der Waals surface area contributed by atoms with E-state index in [4.69, 9.17) is 9.15 Å². The molecule has 2 atom stereocenters. The Labute approximate surface area is 127 Å². The van der Waals surface area contributed by atoms with Gasteiger partial charge in [0.25, 0.3) is 10.0 Å². The van der Waals surface area contributed by atoms with Gasteiger partial charge in [-0.15, -0.1) is 0 Å². The second kappa shape index (κ2) is 5.62. The topological polar surface area (TPSA) is 80.0 Å². The Balaban J connectivity index is 2.00. The highest BCUT2D eigenvalue weighted by Crippen LogP contribution is 2.31. The maximum absolute atomic E-state index is 13.2. The zero-order chi connectivity index (χ0) is 15.9. The summed E-state index contributed by atoms with van der Waals surface area (Å²) < 4.78 is 50.3. The first-order chi connectivity index (χ1) is 10.5. The van der Waals surface area contributed by atoms with Crippen LogP contribution in [-0.2, 0) is 14.8 Å². The molecule has 2 aromatic rings. The van der Waals surface area contributed by atoms with Gasteiger partial charge in [-0.2, -0.15) is 4.31 Å². The van der Waals surface area contributed by atoms with E-state index >= 15 is 0 Å². The molecule has 0 aliphatic carbocycles. The highest BCUT2D eigenvalue weighted by Gasteiger charge is 2.41. The zero-order valence-corrected chi connectivity index (χ0v) is 12.7. The number of sulfonamides is 1. The zero-order valence-electron chi connectivity index (χ0n) is 11.9. The molecule has 1 aliphatic heterocycles. The summed E-state index contributed by atoms with van der Waals surface area (Å²) in [6.07, 6.45) is 0.148. The van der Waals surface area contributed by atoms with Crippen molar-refractivity contribution >= 4 is 21.0 Å². The van der Waals surface area contributed by atoms with Gasteiger partial charge in [0.2, 0.25) is 5.09 Å². The molecule has 120 valence electrons. The van der Waals surface area contributed by atoms with Crippen molar-refractivity contribution in [2.45, 2.75) is 23.7 Å². The average molecular weight is 329 g/mol. The third-order valence-electron chi connectivity index (χ3n) is 3.89. The molecule has 2 heterocycles. The van der Waals surface area contributed by atoms with E-state index in [1.165, 1.54) is 35.7 Å². The fourth-order valence-corrected chi connectivity index (χ4v) is 4.32. The number of methoxy groups -OCH3 is 1. The van der Waals surface area contributed by atoms with Crippen molar-refractivity contribution in [3.05, 3.63) is 30.1 Å². The van der Waals surface area contributed by atoms with Crippen molar-refractivity contribution in [2.75, 3.05) is 20.3 Å². The van der Waals surface area contributed by atoms with E-state index in [-0.39, 0.29) is 24.3 Å². The number of nitrogens with zero attached hydrogens (tertiary/aromatic N) is 1. The van der Waals surface area contributed by atoms with Gasteiger partial charge in [0.05, 0.1) is 18.8 Å². The number of halogens is 1. The maximum atomic E-state index is 13.2. The van der Waals surface area contributed by atoms with Crippen LogP contribution in [0.3, 0.4) is 0 Å². The minimum Gasteiger partial charge on any atom is -0.443 e. The molecule has 6 nitrogen and oxygen atoms in total. The predicted octanol–water partition coefficient (Wildman–Crippen LogP) is 1.34. The Kier molecular flexibility index (Phi) is 3.94. The summed E-state index contributed by atoms with van der Waals surface area (Å²) >= 11 is 0. The lowest BCUT2D eigenvalue weighted by molar-refractivity contribution is 0.113. The van der Waals surface area contributed by atoms with Crippen LogP contribution in [0.15, 0.2) is 33.8 Å². The molecule has 3 rings (SSSR count). The number of hydrogen-bond donors (Lipinski definition) is 1. The van der Waals surface area contributed by atoms with Crippen LogP contribution in [0, 0.1) is 5.82 Å². The van der Waals surface area contributed by atoms with E-state index < -0.39 is 21.9 Å². The highest BCUT2D eigenvalue weighted by atomic mass is 32.2. The first-order valence-electron chi connectivity index (χ1n) is 6.80. The van der Waals surface area contributed by atoms with Gasteiger partial charge in [0.1, 0.15) is 11.4 Å². The molecule has 0 amide bonds. The van der Waals surface area contributed by atoms with Gasteiger partial charge in [0, 0.05) is 25.1 Å². The fraction of sp³-hybridized carbons (Fsp3) is 0.429. The molecule has 1 N–H and O–H groups in total. The first kappa shape index (κ1) is 15.4. The monoisotopic (exact) mass is 329 g/mol. The van der Waals surface area contributed by atoms with E-state index in [1.807, 2.05) is 0 Å². The third-order valence-corrected chi connectivity index (χ3v) is 5.66. The number of rotatable bonds is 4. The number of benzene rings is 1. The lowest BCUT2D eigenvalue weighted by Crippen LogP contribution is -2.37. The second-order valence-corrected chi connectivity index (χ2v) is 7.07. The smallest absolute Gasteiger partial charge is 0.276 e. The van der Waals surface area contributed by atoms with E-state index in [0.29, 0.717) is 17.4 Å². The number of aliphatic hydroxyl groups is 1. The Morgan fingerprint density at radius 3 is 2.91 bits per heavy atom. The van der Waals surface area contributed by atoms with Crippen LogP contribution in [0.4, 0.5) is 4.39 Å². The highest BCUT2D eigenvalue weighted by molar-refractivity contribution is 7.89. The quantitative estimate of drug-likeness (QED) is 0.916. The van der Waals surface area contributed by atoms with Crippen LogP contribution in [0.5, 0.6) is 0 Å². The third kappa shape index (κ3) is 2.52. The van der Waals surface area contributed by atoms with Gasteiger partial charge in [0.15, 0.2) is 0 Å². The average Bonchev–Trinajstić information content (AvgIpc) is 3.10. The van der Waals surface area contributed by atoms with Crippen LogP contribution in [0.25, 0.3) is 11.0 Å². The molecule has 0 radical (unpaired) electrons. The van der Waals surface area contributed by atoms with Crippen LogP contribution in [-0.4, -0.2) is 50.2 Å². The molecule has 1 fully saturated rings. The van der Waals surface area contributed by atoms with E-state index in [0.717, 1.165) is 0 Å². The molecule has 8 heteroatoms. The Morgan fingerprint density at radius 2 is 2.23 bits per heavy atom. The van der Waals surface area contributed by atoms with Crippen molar-refractivity contribution in [1.29, 1.82) is 0 Å². The van der Waals surface area contributed by atoms with Crippen molar-refractivity contribution in [1.82, 2.24) is 4.31 Å². The summed E-state index contributed by atoms with van der Waals surface area (Å²) in [5.74, 6) is -0.467. The molecule has 0 unspecified atom stereocenters. The maximum Gasteiger partial charge on any atom is 0.276 e. The van der Waals surface area contributed by atoms with Crippen LogP contribution in [0.1, 0.15) is 6.42 Å². The molecule has 1 aliphatic rings. The Bertz CT molecular complexity index is 788. The van der Waals surface area contributed by atoms with E-state index in [1.54, 1.807) is 0 Å². The molecule has 0 spiro atoms. The summed E-state index contributed by atoms with van der Waals surface area (Å²) in [6.45, 7) is -0.149. The summed E-state index contributed by atoms with van der Waals surface area (Å²) in [5, 5.41) is 9.51. The Hall–Kier alpha value is -1.48. The van der Waals surface area contributed by atoms with Gasteiger partial charge in [-0.25, -0.2) is 12.8 Å². The van der Waals surface area contributed by atoms with Crippen LogP contribution < -0.4 is 0 Å². The van der Waals surface area contributed by atoms with Crippen molar-refractivity contribution in [2.24, 2.45) is 0 Å². The van der Waals surface area contributed by atoms with E-state index in [2.05, 4.69) is 0 Å². The van der Waals surface area contributed by atoms with Gasteiger partial charge in [-0.05, 0) is 24.6 Å². The van der Waals surface area contributed by atoms with Crippen molar-refractivity contribution in [3.63, 3.8) is 0 Å². The summed E-state index contributed by atoms with van der Waals surface area (Å²) in [5.41, 5.74) is 0.294. The fourth-order valence-electron chi connectivity index (χ4n) is 2.71. The molecular formula is C14H16FNO5S. The van der Waals surface area contributed by atoms with Gasteiger partial charge in [-0.1, -0.05) is 0 Å². The molecule has 1 aromatic carbocycles. The lowest BCUT2D eigenvalue weighted by atomic mass is 10.2. The molecule has 22 heavy (non-hydrogen) atoms. The van der Waals surface area contributed by atoms with Crippen molar-refractivity contribution < 1.29 is 27.1 Å². The lowest BCUT2D eigenvalue weighted by Gasteiger charge is -2.20. The molecule has 1 saturated heterocycles. The minimum absolute atomic E-state index is 0.148. The number of fused-ring (bicyclic) bond motifs is 1. The first-order valence-corrected chi connectivity index (χ1v) is 8.24. The number of hydrogen-bond acceptors (Lipinski definition) is 5. The molecule has 0 saturated carbocycles. The SMILES string of the molecule is CO[C@@H]1C[C@@H](CO)N(S(=O)(=O)c2cc3cc(F)ccc3o2)C1. The van der Waals surface area contributed by atoms with Gasteiger partial charge >= 0.3 is 0 Å². The number of aliphatic hydroxyl groups excluding tert-OH is 1. The standard InChI is InChI=1S/C14H16FNO5S/c1-20-12-6-11(8-17)16(7-12)22(18,19)14-5-9-4-10(15)2-3-13(9)21-14/h2-5,11-12,17H,6-8H2,1H3/t11-,12+/m0/s1. The van der Waals surface area contributed by atoms with Crippen molar-refractivity contribution in [3.8, 4) is 0 Å².